The van der Waals surface area contributed by atoms with Gasteiger partial charge in [-0.15, -0.1) is 0 Å². The van der Waals surface area contributed by atoms with E-state index in [2.05, 4.69) is 6.92 Å². The molecule has 1 atom stereocenters. The molecule has 0 aliphatic heterocycles. The van der Waals surface area contributed by atoms with Crippen LogP contribution < -0.4 is 0 Å². The molecule has 1 radical (unpaired) electrons. The summed E-state index contributed by atoms with van der Waals surface area (Å²) in [7, 11) is 0. The second-order valence-corrected chi connectivity index (χ2v) is 0.808. The van der Waals surface area contributed by atoms with Gasteiger partial charge < -0.3 is 5.11 Å². The first-order chi connectivity index (χ1) is 2.27. The van der Waals surface area contributed by atoms with Gasteiger partial charge in [0.1, 0.15) is 6.67 Å². The summed E-state index contributed by atoms with van der Waals surface area (Å²) in [6.45, 7) is 2.19. The second-order valence-electron chi connectivity index (χ2n) is 0.808. The van der Waals surface area contributed by atoms with Crippen LogP contribution in [0.1, 0.15) is 0 Å². The molecule has 0 bridgehead atoms. The summed E-state index contributed by atoms with van der Waals surface area (Å²) in [5.41, 5.74) is 0. The van der Waals surface area contributed by atoms with Gasteiger partial charge in [0.05, 0.1) is 6.10 Å². The molecule has 0 saturated heterocycles. The van der Waals surface area contributed by atoms with E-state index in [1.54, 1.807) is 0 Å². The maximum absolute atomic E-state index is 10.8. The SMILES string of the molecule is [CH2]C(O)CF. The first kappa shape index (κ1) is 4.89. The van der Waals surface area contributed by atoms with E-state index in [0.29, 0.717) is 0 Å². The minimum atomic E-state index is -1.03. The zero-order valence-electron chi connectivity index (χ0n) is 2.82. The Morgan fingerprint density at radius 1 is 2.00 bits per heavy atom. The molecule has 0 fully saturated rings. The average molecular weight is 77.1 g/mol. The quantitative estimate of drug-likeness (QED) is 0.472. The van der Waals surface area contributed by atoms with Gasteiger partial charge in [-0.3, -0.25) is 0 Å². The van der Waals surface area contributed by atoms with Crippen LogP contribution in [-0.4, -0.2) is 17.9 Å². The van der Waals surface area contributed by atoms with E-state index in [4.69, 9.17) is 5.11 Å². The van der Waals surface area contributed by atoms with Gasteiger partial charge in [-0.25, -0.2) is 4.39 Å². The van der Waals surface area contributed by atoms with Crippen LogP contribution in [0.2, 0.25) is 0 Å². The molecule has 5 heavy (non-hydrogen) atoms. The van der Waals surface area contributed by atoms with Crippen molar-refractivity contribution in [3.05, 3.63) is 6.92 Å². The lowest BCUT2D eigenvalue weighted by molar-refractivity contribution is 0.181. The van der Waals surface area contributed by atoms with Gasteiger partial charge in [-0.1, -0.05) is 0 Å². The number of halogens is 1. The fraction of sp³-hybridized carbons (Fsp3) is 0.667. The number of hydrogen-bond acceptors (Lipinski definition) is 1. The van der Waals surface area contributed by atoms with Gasteiger partial charge in [0.15, 0.2) is 0 Å². The summed E-state index contributed by atoms with van der Waals surface area (Å²) in [4.78, 5) is 0. The lowest BCUT2D eigenvalue weighted by Crippen LogP contribution is -2.00. The summed E-state index contributed by atoms with van der Waals surface area (Å²) in [6, 6.07) is 0. The van der Waals surface area contributed by atoms with Crippen molar-refractivity contribution in [2.24, 2.45) is 0 Å². The topological polar surface area (TPSA) is 20.2 Å². The molecule has 0 spiro atoms. The number of aliphatic hydroxyl groups is 1. The van der Waals surface area contributed by atoms with Crippen molar-refractivity contribution < 1.29 is 9.50 Å². The molecule has 0 aromatic heterocycles. The van der Waals surface area contributed by atoms with Crippen molar-refractivity contribution >= 4 is 0 Å². The standard InChI is InChI=1S/C3H6FO/c1-3(5)2-4/h3,5H,1-2H2. The van der Waals surface area contributed by atoms with Crippen molar-refractivity contribution in [3.8, 4) is 0 Å². The highest BCUT2D eigenvalue weighted by Gasteiger charge is 1.86. The molecule has 0 rings (SSSR count). The Bertz CT molecular complexity index is 20.9. The summed E-state index contributed by atoms with van der Waals surface area (Å²) in [5, 5.41) is 7.88. The predicted molar refractivity (Wildman–Crippen MR) is 17.3 cm³/mol. The Hall–Kier alpha value is -0.110. The Morgan fingerprint density at radius 3 is 2.20 bits per heavy atom. The summed E-state index contributed by atoms with van der Waals surface area (Å²) in [5.74, 6) is 0. The maximum Gasteiger partial charge on any atom is 0.115 e. The first-order valence-electron chi connectivity index (χ1n) is 1.34. The van der Waals surface area contributed by atoms with E-state index < -0.39 is 12.8 Å². The highest BCUT2D eigenvalue weighted by Crippen LogP contribution is 1.74. The smallest absolute Gasteiger partial charge is 0.115 e. The molecule has 0 saturated carbocycles. The van der Waals surface area contributed by atoms with Gasteiger partial charge in [0.25, 0.3) is 0 Å². The van der Waals surface area contributed by atoms with Crippen LogP contribution in [0.25, 0.3) is 0 Å². The molecular weight excluding hydrogens is 71.0 g/mol. The molecule has 0 amide bonds. The largest absolute Gasteiger partial charge is 0.390 e. The fourth-order valence-electron chi connectivity index (χ4n) is 0. The second kappa shape index (κ2) is 2.15. The Kier molecular flexibility index (Phi) is 2.10. The molecule has 0 aliphatic carbocycles. The third kappa shape index (κ3) is 3.89. The molecule has 0 aliphatic rings. The summed E-state index contributed by atoms with van der Waals surface area (Å²) in [6.07, 6.45) is -1.03. The van der Waals surface area contributed by atoms with E-state index in [-0.39, 0.29) is 0 Å². The monoisotopic (exact) mass is 77.0 g/mol. The number of rotatable bonds is 1. The van der Waals surface area contributed by atoms with E-state index in [0.717, 1.165) is 0 Å². The van der Waals surface area contributed by atoms with Crippen molar-refractivity contribution in [1.82, 2.24) is 0 Å². The summed E-state index contributed by atoms with van der Waals surface area (Å²) >= 11 is 0. The first-order valence-corrected chi connectivity index (χ1v) is 1.34. The van der Waals surface area contributed by atoms with Crippen molar-refractivity contribution in [2.75, 3.05) is 6.67 Å². The fourth-order valence-corrected chi connectivity index (χ4v) is 0. The van der Waals surface area contributed by atoms with Gasteiger partial charge in [-0.2, -0.15) is 0 Å². The zero-order chi connectivity index (χ0) is 4.28. The normalized spacial score (nSPS) is 15.0. The third-order valence-electron chi connectivity index (χ3n) is 0.178. The Labute approximate surface area is 30.4 Å². The molecule has 1 unspecified atom stereocenters. The van der Waals surface area contributed by atoms with Crippen LogP contribution in [-0.2, 0) is 0 Å². The van der Waals surface area contributed by atoms with E-state index >= 15 is 0 Å². The van der Waals surface area contributed by atoms with Gasteiger partial charge in [0.2, 0.25) is 0 Å². The predicted octanol–water partition coefficient (Wildman–Crippen LogP) is 0.151. The highest BCUT2D eigenvalue weighted by atomic mass is 19.1. The third-order valence-corrected chi connectivity index (χ3v) is 0.178. The minimum absolute atomic E-state index is 0.750. The van der Waals surface area contributed by atoms with Crippen LogP contribution in [0.3, 0.4) is 0 Å². The Balaban J connectivity index is 2.54. The van der Waals surface area contributed by atoms with Gasteiger partial charge >= 0.3 is 0 Å². The van der Waals surface area contributed by atoms with Gasteiger partial charge in [0, 0.05) is 0 Å². The van der Waals surface area contributed by atoms with Crippen LogP contribution in [0, 0.1) is 6.92 Å². The molecule has 2 heteroatoms. The molecular formula is C3H6FO. The lowest BCUT2D eigenvalue weighted by atomic mass is 10.5. The van der Waals surface area contributed by atoms with E-state index in [1.807, 2.05) is 0 Å². The lowest BCUT2D eigenvalue weighted by Gasteiger charge is -1.87. The molecule has 0 aromatic rings. The zero-order valence-corrected chi connectivity index (χ0v) is 2.82. The van der Waals surface area contributed by atoms with Crippen LogP contribution in [0.5, 0.6) is 0 Å². The molecule has 31 valence electrons. The molecule has 0 heterocycles. The van der Waals surface area contributed by atoms with Crippen LogP contribution in [0.4, 0.5) is 4.39 Å². The minimum Gasteiger partial charge on any atom is -0.390 e. The molecule has 1 N–H and O–H groups in total. The van der Waals surface area contributed by atoms with Crippen LogP contribution in [0.15, 0.2) is 0 Å². The summed E-state index contributed by atoms with van der Waals surface area (Å²) < 4.78 is 10.8. The van der Waals surface area contributed by atoms with Crippen molar-refractivity contribution in [2.45, 2.75) is 6.10 Å². The van der Waals surface area contributed by atoms with Crippen molar-refractivity contribution in [1.29, 1.82) is 0 Å². The highest BCUT2D eigenvalue weighted by molar-refractivity contribution is 4.50. The van der Waals surface area contributed by atoms with Crippen molar-refractivity contribution in [3.63, 3.8) is 0 Å². The average Bonchev–Trinajstić information content (AvgIpc) is 1.38. The van der Waals surface area contributed by atoms with E-state index in [9.17, 15) is 4.39 Å². The molecule has 1 nitrogen and oxygen atoms in total. The number of aliphatic hydroxyl groups excluding tert-OH is 1. The van der Waals surface area contributed by atoms with E-state index in [1.165, 1.54) is 0 Å². The molecule has 0 aromatic carbocycles. The maximum atomic E-state index is 10.8. The number of hydrogen-bond donors (Lipinski definition) is 1. The number of alkyl halides is 1. The van der Waals surface area contributed by atoms with Crippen LogP contribution >= 0.6 is 0 Å². The Morgan fingerprint density at radius 2 is 2.20 bits per heavy atom. The van der Waals surface area contributed by atoms with Gasteiger partial charge in [-0.05, 0) is 6.92 Å².